The van der Waals surface area contributed by atoms with Crippen molar-refractivity contribution in [2.24, 2.45) is 20.5 Å². The fourth-order valence-electron chi connectivity index (χ4n) is 8.53. The number of aryl methyl sites for hydroxylation is 2. The van der Waals surface area contributed by atoms with E-state index in [1.165, 1.54) is 40.9 Å². The second-order valence-corrected chi connectivity index (χ2v) is 16.5. The number of anilines is 2. The summed E-state index contributed by atoms with van der Waals surface area (Å²) < 4.78 is 14.8. The third kappa shape index (κ3) is 7.79. The molecule has 0 fully saturated rings. The third-order valence-corrected chi connectivity index (χ3v) is 12.7. The number of halogens is 1. The van der Waals surface area contributed by atoms with Crippen LogP contribution in [0.4, 0.5) is 37.4 Å². The molecule has 0 bridgehead atoms. The maximum absolute atomic E-state index is 13.4. The van der Waals surface area contributed by atoms with Crippen molar-refractivity contribution in [3.8, 4) is 0 Å². The molecule has 3 N–H and O–H groups in total. The molecule has 14 nitrogen and oxygen atoms in total. The van der Waals surface area contributed by atoms with Crippen molar-refractivity contribution >= 4 is 94.0 Å². The van der Waals surface area contributed by atoms with Gasteiger partial charge in [-0.25, -0.2) is 28.7 Å². The number of thiazole rings is 2. The van der Waals surface area contributed by atoms with Gasteiger partial charge in [0.25, 0.3) is 0 Å². The summed E-state index contributed by atoms with van der Waals surface area (Å²) in [6.07, 6.45) is 7.25. The van der Waals surface area contributed by atoms with Crippen LogP contribution in [0.3, 0.4) is 0 Å². The second-order valence-electron chi connectivity index (χ2n) is 14.5. The molecule has 10 rings (SSSR count). The molecule has 6 heterocycles. The van der Waals surface area contributed by atoms with Crippen LogP contribution < -0.4 is 9.80 Å². The molecule has 6 aromatic rings. The van der Waals surface area contributed by atoms with Gasteiger partial charge in [-0.2, -0.15) is 0 Å². The molecule has 0 spiro atoms. The van der Waals surface area contributed by atoms with Gasteiger partial charge in [0, 0.05) is 54.0 Å². The normalized spacial score (nSPS) is 15.5. The Hall–Kier alpha value is -5.71. The summed E-state index contributed by atoms with van der Waals surface area (Å²) in [7, 11) is 0. The molecule has 0 amide bonds. The summed E-state index contributed by atoms with van der Waals surface area (Å²) >= 11 is 2.45. The molecule has 0 saturated heterocycles. The van der Waals surface area contributed by atoms with Gasteiger partial charge in [-0.05, 0) is 122 Å². The second kappa shape index (κ2) is 16.5. The molecule has 0 saturated carbocycles. The Morgan fingerprint density at radius 3 is 1.53 bits per heavy atom. The van der Waals surface area contributed by atoms with Crippen LogP contribution in [0.1, 0.15) is 79.0 Å². The van der Waals surface area contributed by atoms with E-state index < -0.39 is 17.9 Å². The van der Waals surface area contributed by atoms with Crippen molar-refractivity contribution in [2.75, 3.05) is 36.0 Å². The van der Waals surface area contributed by atoms with Gasteiger partial charge in [-0.1, -0.05) is 22.7 Å². The zero-order valence-electron chi connectivity index (χ0n) is 31.3. The van der Waals surface area contributed by atoms with Crippen molar-refractivity contribution in [3.05, 3.63) is 93.3 Å². The number of aromatic carboxylic acids is 3. The standard InChI is InChI=1S/C21H18N4O4S.C20H17FN4O2S.Ni/c26-19(27)12-5-6-14-16(10-12)30-21(22-14)24-23-15-9-11-3-1-7-25-8-2-4-13(18(11)25)17(15)20(28)29;21-12-5-6-14-16(10-12)28-20(22-14)24-23-15-9-11-3-1-7-25-8-2-4-13(18(11)25)17(15)19(26)27;/h5-6,9-10H,1-4,7-8H2,(H,26,27)(H,28,29);5-6,9-10H,1-4,7-8H2,(H,26,27);. The molecule has 4 aromatic carbocycles. The number of hydrogen-bond donors (Lipinski definition) is 3. The predicted molar refractivity (Wildman–Crippen MR) is 219 cm³/mol. The Labute approximate surface area is 354 Å². The molecule has 0 unspecified atom stereocenters. The Bertz CT molecular complexity index is 2750. The number of aromatic nitrogens is 2. The van der Waals surface area contributed by atoms with Gasteiger partial charge in [0.15, 0.2) is 0 Å². The van der Waals surface area contributed by atoms with Crippen molar-refractivity contribution in [2.45, 2.75) is 51.4 Å². The number of rotatable bonds is 7. The number of azo groups is 2. The zero-order chi connectivity index (χ0) is 40.1. The molecule has 18 heteroatoms. The van der Waals surface area contributed by atoms with E-state index >= 15 is 0 Å². The Morgan fingerprint density at radius 1 is 0.593 bits per heavy atom. The largest absolute Gasteiger partial charge is 0.478 e. The first-order chi connectivity index (χ1) is 28.1. The monoisotopic (exact) mass is 876 g/mol. The van der Waals surface area contributed by atoms with Gasteiger partial charge < -0.3 is 25.1 Å². The summed E-state index contributed by atoms with van der Waals surface area (Å²) in [5, 5.41) is 46.5. The summed E-state index contributed by atoms with van der Waals surface area (Å²) in [5.74, 6) is -3.31. The van der Waals surface area contributed by atoms with Crippen LogP contribution in [0.15, 0.2) is 69.0 Å². The summed E-state index contributed by atoms with van der Waals surface area (Å²) in [4.78, 5) is 48.6. The molecule has 0 radical (unpaired) electrons. The zero-order valence-corrected chi connectivity index (χ0v) is 33.9. The molecule has 0 atom stereocenters. The topological polar surface area (TPSA) is 194 Å². The van der Waals surface area contributed by atoms with Gasteiger partial charge in [-0.3, -0.25) is 0 Å². The van der Waals surface area contributed by atoms with Crippen molar-refractivity contribution < 1.29 is 50.6 Å². The molecule has 4 aliphatic heterocycles. The predicted octanol–water partition coefficient (Wildman–Crippen LogP) is 10.1. The number of carboxylic acid groups (broad SMARTS) is 3. The quantitative estimate of drug-likeness (QED) is 0.103. The molecular formula is C41H35FN8NiO6S2. The molecule has 59 heavy (non-hydrogen) atoms. The first-order valence-corrected chi connectivity index (χ1v) is 20.6. The van der Waals surface area contributed by atoms with Crippen LogP contribution in [0.2, 0.25) is 0 Å². The van der Waals surface area contributed by atoms with Gasteiger partial charge >= 0.3 is 17.9 Å². The Kier molecular flexibility index (Phi) is 11.2. The average Bonchev–Trinajstić information content (AvgIpc) is 3.82. The molecular weight excluding hydrogens is 842 g/mol. The Morgan fingerprint density at radius 2 is 1.05 bits per heavy atom. The number of hydrogen-bond acceptors (Lipinski definition) is 13. The average molecular weight is 878 g/mol. The van der Waals surface area contributed by atoms with Crippen molar-refractivity contribution in [1.29, 1.82) is 0 Å². The van der Waals surface area contributed by atoms with Crippen LogP contribution >= 0.6 is 22.7 Å². The van der Waals surface area contributed by atoms with E-state index in [1.807, 2.05) is 12.1 Å². The minimum absolute atomic E-state index is 0. The minimum Gasteiger partial charge on any atom is -0.478 e. The third-order valence-electron chi connectivity index (χ3n) is 10.9. The summed E-state index contributed by atoms with van der Waals surface area (Å²) in [5.41, 5.74) is 8.81. The maximum atomic E-state index is 13.4. The first-order valence-electron chi connectivity index (χ1n) is 19.0. The summed E-state index contributed by atoms with van der Waals surface area (Å²) in [6.45, 7) is 3.87. The van der Waals surface area contributed by atoms with E-state index in [0.717, 1.165) is 111 Å². The van der Waals surface area contributed by atoms with Gasteiger partial charge in [0.2, 0.25) is 10.3 Å². The van der Waals surface area contributed by atoms with Crippen molar-refractivity contribution in [1.82, 2.24) is 9.97 Å². The van der Waals surface area contributed by atoms with E-state index in [2.05, 4.69) is 40.2 Å². The fourth-order valence-corrected chi connectivity index (χ4v) is 10.2. The van der Waals surface area contributed by atoms with Crippen LogP contribution in [-0.4, -0.2) is 69.4 Å². The van der Waals surface area contributed by atoms with Gasteiger partial charge in [0.1, 0.15) is 17.2 Å². The van der Waals surface area contributed by atoms with E-state index in [9.17, 15) is 29.0 Å². The number of carbonyl (C=O) groups is 3. The van der Waals surface area contributed by atoms with Crippen LogP contribution in [-0.2, 0) is 42.2 Å². The number of benzene rings is 4. The van der Waals surface area contributed by atoms with Gasteiger partial charge in [-0.15, -0.1) is 20.5 Å². The fraction of sp³-hybridized carbons (Fsp3) is 0.293. The molecule has 0 aliphatic carbocycles. The smallest absolute Gasteiger partial charge is 0.338 e. The molecule has 2 aromatic heterocycles. The molecule has 4 aliphatic rings. The molecule has 304 valence electrons. The van der Waals surface area contributed by atoms with Gasteiger partial charge in [0.05, 0.1) is 37.1 Å². The van der Waals surface area contributed by atoms with E-state index in [4.69, 9.17) is 5.11 Å². The SMILES string of the molecule is O=C(O)c1c(N=Nc2nc3ccc(F)cc3s2)cc2c3c1CCCN3CCC2.O=C(O)c1ccc2nc(N=Nc3cc4c5c(c3C(=O)O)CCCN5CCC4)sc2c1.[Ni]. The number of fused-ring (bicyclic) bond motifs is 2. The Balaban J connectivity index is 0.000000162. The van der Waals surface area contributed by atoms with Crippen LogP contribution in [0.5, 0.6) is 0 Å². The number of nitrogens with zero attached hydrogens (tertiary/aromatic N) is 8. The van der Waals surface area contributed by atoms with E-state index in [1.54, 1.807) is 18.2 Å². The van der Waals surface area contributed by atoms with E-state index in [0.29, 0.717) is 42.1 Å². The summed E-state index contributed by atoms with van der Waals surface area (Å²) in [6, 6.07) is 12.7. The number of carboxylic acids is 3. The van der Waals surface area contributed by atoms with Crippen LogP contribution in [0.25, 0.3) is 20.4 Å². The van der Waals surface area contributed by atoms with E-state index in [-0.39, 0.29) is 39.0 Å². The minimum atomic E-state index is -1.00. The van der Waals surface area contributed by atoms with Crippen molar-refractivity contribution in [3.63, 3.8) is 0 Å². The van der Waals surface area contributed by atoms with Crippen LogP contribution in [0, 0.1) is 5.82 Å². The first kappa shape index (κ1) is 40.1. The maximum Gasteiger partial charge on any atom is 0.338 e.